The predicted octanol–water partition coefficient (Wildman–Crippen LogP) is 2.02. The first-order valence-electron chi connectivity index (χ1n) is 6.33. The minimum atomic E-state index is 0.142. The third-order valence-electron chi connectivity index (χ3n) is 3.28. The summed E-state index contributed by atoms with van der Waals surface area (Å²) < 4.78 is 0. The van der Waals surface area contributed by atoms with E-state index in [1.54, 1.807) is 0 Å². The summed E-state index contributed by atoms with van der Waals surface area (Å²) >= 11 is 0. The second-order valence-corrected chi connectivity index (χ2v) is 4.69. The number of carbonyl (C=O) groups excluding carboxylic acids is 1. The summed E-state index contributed by atoms with van der Waals surface area (Å²) in [6.07, 6.45) is 2.55. The molecule has 0 radical (unpaired) electrons. The van der Waals surface area contributed by atoms with E-state index in [-0.39, 0.29) is 5.91 Å². The third-order valence-corrected chi connectivity index (χ3v) is 3.28. The van der Waals surface area contributed by atoms with Crippen molar-refractivity contribution in [1.29, 1.82) is 0 Å². The Morgan fingerprint density at radius 2 is 2.00 bits per heavy atom. The fraction of sp³-hybridized carbons (Fsp3) is 0.500. The Kier molecular flexibility index (Phi) is 3.79. The molecule has 1 aliphatic rings. The Bertz CT molecular complexity index is 382. The molecule has 1 aliphatic carbocycles. The summed E-state index contributed by atoms with van der Waals surface area (Å²) in [5.41, 5.74) is 7.37. The van der Waals surface area contributed by atoms with Crippen LogP contribution >= 0.6 is 0 Å². The molecule has 0 unspecified atom stereocenters. The zero-order chi connectivity index (χ0) is 12.3. The molecule has 1 saturated carbocycles. The lowest BCUT2D eigenvalue weighted by atomic mass is 10.1. The molecule has 2 rings (SSSR count). The van der Waals surface area contributed by atoms with Crippen molar-refractivity contribution in [1.82, 2.24) is 4.90 Å². The molecule has 3 heteroatoms. The summed E-state index contributed by atoms with van der Waals surface area (Å²) in [5.74, 6) is 0.880. The molecule has 0 spiro atoms. The van der Waals surface area contributed by atoms with Gasteiger partial charge in [0.15, 0.2) is 0 Å². The molecule has 1 aromatic carbocycles. The van der Waals surface area contributed by atoms with Crippen LogP contribution in [-0.4, -0.2) is 23.9 Å². The van der Waals surface area contributed by atoms with Crippen LogP contribution in [0.5, 0.6) is 0 Å². The molecule has 2 N–H and O–H groups in total. The van der Waals surface area contributed by atoms with Crippen molar-refractivity contribution in [3.05, 3.63) is 35.4 Å². The molecule has 1 fully saturated rings. The van der Waals surface area contributed by atoms with E-state index in [0.29, 0.717) is 6.54 Å². The SMILES string of the molecule is CCN(CC1CC1)C(=O)c1ccc(CN)cc1. The largest absolute Gasteiger partial charge is 0.339 e. The van der Waals surface area contributed by atoms with Gasteiger partial charge < -0.3 is 10.6 Å². The average molecular weight is 232 g/mol. The molecule has 17 heavy (non-hydrogen) atoms. The first-order chi connectivity index (χ1) is 8.24. The number of hydrogen-bond donors (Lipinski definition) is 1. The third kappa shape index (κ3) is 3.07. The summed E-state index contributed by atoms with van der Waals surface area (Å²) in [5, 5.41) is 0. The van der Waals surface area contributed by atoms with Gasteiger partial charge >= 0.3 is 0 Å². The molecular weight excluding hydrogens is 212 g/mol. The average Bonchev–Trinajstić information content (AvgIpc) is 3.19. The van der Waals surface area contributed by atoms with Crippen molar-refractivity contribution in [3.8, 4) is 0 Å². The zero-order valence-corrected chi connectivity index (χ0v) is 10.4. The van der Waals surface area contributed by atoms with Crippen molar-refractivity contribution in [2.75, 3.05) is 13.1 Å². The van der Waals surface area contributed by atoms with Crippen LogP contribution in [0.15, 0.2) is 24.3 Å². The van der Waals surface area contributed by atoms with E-state index >= 15 is 0 Å². The van der Waals surface area contributed by atoms with E-state index in [0.717, 1.165) is 30.1 Å². The number of hydrogen-bond acceptors (Lipinski definition) is 2. The lowest BCUT2D eigenvalue weighted by Gasteiger charge is -2.20. The summed E-state index contributed by atoms with van der Waals surface area (Å²) in [6, 6.07) is 7.61. The lowest BCUT2D eigenvalue weighted by molar-refractivity contribution is 0.0757. The molecule has 0 saturated heterocycles. The van der Waals surface area contributed by atoms with Gasteiger partial charge in [0.1, 0.15) is 0 Å². The van der Waals surface area contributed by atoms with E-state index < -0.39 is 0 Å². The van der Waals surface area contributed by atoms with Crippen LogP contribution in [0.3, 0.4) is 0 Å². The normalized spacial score (nSPS) is 14.7. The lowest BCUT2D eigenvalue weighted by Crippen LogP contribution is -2.32. The van der Waals surface area contributed by atoms with Crippen LogP contribution in [0.2, 0.25) is 0 Å². The van der Waals surface area contributed by atoms with Gasteiger partial charge in [0.25, 0.3) is 5.91 Å². The molecule has 0 aliphatic heterocycles. The Morgan fingerprint density at radius 1 is 1.35 bits per heavy atom. The maximum Gasteiger partial charge on any atom is 0.253 e. The Hall–Kier alpha value is -1.35. The van der Waals surface area contributed by atoms with Crippen LogP contribution < -0.4 is 5.73 Å². The molecule has 1 aromatic rings. The zero-order valence-electron chi connectivity index (χ0n) is 10.4. The van der Waals surface area contributed by atoms with Crippen molar-refractivity contribution < 1.29 is 4.79 Å². The smallest absolute Gasteiger partial charge is 0.253 e. The highest BCUT2D eigenvalue weighted by atomic mass is 16.2. The first kappa shape index (κ1) is 12.1. The molecule has 0 heterocycles. The number of benzene rings is 1. The second kappa shape index (κ2) is 5.32. The van der Waals surface area contributed by atoms with Crippen LogP contribution in [-0.2, 0) is 6.54 Å². The van der Waals surface area contributed by atoms with Crippen molar-refractivity contribution in [3.63, 3.8) is 0 Å². The van der Waals surface area contributed by atoms with Gasteiger partial charge in [-0.2, -0.15) is 0 Å². The van der Waals surface area contributed by atoms with Gasteiger partial charge in [-0.25, -0.2) is 0 Å². The van der Waals surface area contributed by atoms with Gasteiger partial charge in [0, 0.05) is 25.2 Å². The highest BCUT2D eigenvalue weighted by Crippen LogP contribution is 2.30. The molecule has 0 aromatic heterocycles. The molecule has 1 amide bonds. The number of amides is 1. The minimum Gasteiger partial charge on any atom is -0.339 e. The number of nitrogens with two attached hydrogens (primary N) is 1. The highest BCUT2D eigenvalue weighted by molar-refractivity contribution is 5.94. The number of nitrogens with zero attached hydrogens (tertiary/aromatic N) is 1. The van der Waals surface area contributed by atoms with Crippen LogP contribution in [0.1, 0.15) is 35.7 Å². The Morgan fingerprint density at radius 3 is 2.47 bits per heavy atom. The molecule has 3 nitrogen and oxygen atoms in total. The molecule has 92 valence electrons. The maximum absolute atomic E-state index is 12.2. The topological polar surface area (TPSA) is 46.3 Å². The second-order valence-electron chi connectivity index (χ2n) is 4.69. The summed E-state index contributed by atoms with van der Waals surface area (Å²) in [6.45, 7) is 4.25. The van der Waals surface area contributed by atoms with Gasteiger partial charge in [-0.1, -0.05) is 12.1 Å². The Labute approximate surface area is 103 Å². The summed E-state index contributed by atoms with van der Waals surface area (Å²) in [7, 11) is 0. The van der Waals surface area contributed by atoms with E-state index in [2.05, 4.69) is 0 Å². The fourth-order valence-electron chi connectivity index (χ4n) is 1.93. The maximum atomic E-state index is 12.2. The number of carbonyl (C=O) groups is 1. The van der Waals surface area contributed by atoms with Gasteiger partial charge in [-0.15, -0.1) is 0 Å². The summed E-state index contributed by atoms with van der Waals surface area (Å²) in [4.78, 5) is 14.2. The van der Waals surface area contributed by atoms with Gasteiger partial charge in [-0.3, -0.25) is 4.79 Å². The highest BCUT2D eigenvalue weighted by Gasteiger charge is 2.26. The van der Waals surface area contributed by atoms with E-state index in [4.69, 9.17) is 5.73 Å². The fourth-order valence-corrected chi connectivity index (χ4v) is 1.93. The van der Waals surface area contributed by atoms with E-state index in [1.165, 1.54) is 12.8 Å². The van der Waals surface area contributed by atoms with Gasteiger partial charge in [-0.05, 0) is 43.4 Å². The van der Waals surface area contributed by atoms with Crippen molar-refractivity contribution in [2.45, 2.75) is 26.3 Å². The molecular formula is C14H20N2O. The van der Waals surface area contributed by atoms with Gasteiger partial charge in [0.05, 0.1) is 0 Å². The first-order valence-corrected chi connectivity index (χ1v) is 6.33. The monoisotopic (exact) mass is 232 g/mol. The van der Waals surface area contributed by atoms with E-state index in [9.17, 15) is 4.79 Å². The van der Waals surface area contributed by atoms with Crippen LogP contribution in [0, 0.1) is 5.92 Å². The van der Waals surface area contributed by atoms with Crippen molar-refractivity contribution in [2.24, 2.45) is 11.7 Å². The van der Waals surface area contributed by atoms with Crippen LogP contribution in [0.25, 0.3) is 0 Å². The molecule has 0 atom stereocenters. The Balaban J connectivity index is 2.04. The number of rotatable bonds is 5. The van der Waals surface area contributed by atoms with E-state index in [1.807, 2.05) is 36.1 Å². The standard InChI is InChI=1S/C14H20N2O/c1-2-16(10-12-3-4-12)14(17)13-7-5-11(9-15)6-8-13/h5-8,12H,2-4,9-10,15H2,1H3. The minimum absolute atomic E-state index is 0.142. The van der Waals surface area contributed by atoms with Crippen molar-refractivity contribution >= 4 is 5.91 Å². The predicted molar refractivity (Wildman–Crippen MR) is 68.6 cm³/mol. The van der Waals surface area contributed by atoms with Crippen LogP contribution in [0.4, 0.5) is 0 Å². The van der Waals surface area contributed by atoms with Gasteiger partial charge in [0.2, 0.25) is 0 Å². The quantitative estimate of drug-likeness (QED) is 0.844. The molecule has 0 bridgehead atoms.